The van der Waals surface area contributed by atoms with Gasteiger partial charge in [0.1, 0.15) is 4.83 Å². The Kier molecular flexibility index (Phi) is 6.07. The van der Waals surface area contributed by atoms with E-state index in [9.17, 15) is 4.79 Å². The van der Waals surface area contributed by atoms with Gasteiger partial charge in [-0.25, -0.2) is 4.68 Å². The highest BCUT2D eigenvalue weighted by atomic mass is 35.5. The number of hydrogen-bond acceptors (Lipinski definition) is 5. The van der Waals surface area contributed by atoms with Crippen molar-refractivity contribution in [3.8, 4) is 5.69 Å². The lowest BCUT2D eigenvalue weighted by atomic mass is 10.1. The van der Waals surface area contributed by atoms with Crippen LogP contribution in [0.5, 0.6) is 0 Å². The summed E-state index contributed by atoms with van der Waals surface area (Å²) in [5, 5.41) is 11.8. The van der Waals surface area contributed by atoms with Crippen LogP contribution in [-0.4, -0.2) is 39.7 Å². The van der Waals surface area contributed by atoms with Crippen molar-refractivity contribution in [3.05, 3.63) is 68.3 Å². The summed E-state index contributed by atoms with van der Waals surface area (Å²) >= 11 is 9.29. The van der Waals surface area contributed by atoms with Crippen molar-refractivity contribution in [1.29, 1.82) is 0 Å². The summed E-state index contributed by atoms with van der Waals surface area (Å²) in [6.45, 7) is 6.27. The van der Waals surface area contributed by atoms with Gasteiger partial charge in [-0.2, -0.15) is 5.10 Å². The molecule has 2 atom stereocenters. The summed E-state index contributed by atoms with van der Waals surface area (Å²) in [5.41, 5.74) is 1.84. The lowest BCUT2D eigenvalue weighted by Crippen LogP contribution is -2.43. The molecule has 0 radical (unpaired) electrons. The Morgan fingerprint density at radius 3 is 2.62 bits per heavy atom. The number of rotatable bonds is 6. The summed E-state index contributed by atoms with van der Waals surface area (Å²) in [4.78, 5) is 18.7. The number of thiophene rings is 2. The molecule has 5 nitrogen and oxygen atoms in total. The molecule has 1 aromatic carbocycles. The van der Waals surface area contributed by atoms with Crippen molar-refractivity contribution in [1.82, 2.24) is 20.0 Å². The van der Waals surface area contributed by atoms with Gasteiger partial charge >= 0.3 is 0 Å². The van der Waals surface area contributed by atoms with E-state index >= 15 is 0 Å². The predicted octanol–water partition coefficient (Wildman–Crippen LogP) is 6.07. The zero-order chi connectivity index (χ0) is 22.2. The average molecular weight is 485 g/mol. The molecule has 0 bridgehead atoms. The lowest BCUT2D eigenvalue weighted by Gasteiger charge is -2.32. The largest absolute Gasteiger partial charge is 0.347 e. The topological polar surface area (TPSA) is 50.2 Å². The van der Waals surface area contributed by atoms with E-state index in [1.807, 2.05) is 41.9 Å². The monoisotopic (exact) mass is 484 g/mol. The van der Waals surface area contributed by atoms with E-state index in [4.69, 9.17) is 11.6 Å². The molecule has 166 valence electrons. The molecule has 0 aliphatic carbocycles. The predicted molar refractivity (Wildman–Crippen MR) is 133 cm³/mol. The van der Waals surface area contributed by atoms with Gasteiger partial charge in [0.15, 0.2) is 0 Å². The molecule has 3 aromatic heterocycles. The maximum Gasteiger partial charge on any atom is 0.261 e. The second kappa shape index (κ2) is 8.98. The average Bonchev–Trinajstić information content (AvgIpc) is 3.56. The first-order chi connectivity index (χ1) is 15.5. The fourth-order valence-electron chi connectivity index (χ4n) is 4.50. The first kappa shape index (κ1) is 21.6. The van der Waals surface area contributed by atoms with Gasteiger partial charge in [0.05, 0.1) is 22.3 Å². The third-order valence-corrected chi connectivity index (χ3v) is 8.35. The Hall–Kier alpha value is -2.19. The van der Waals surface area contributed by atoms with Crippen LogP contribution in [-0.2, 0) is 0 Å². The summed E-state index contributed by atoms with van der Waals surface area (Å²) < 4.78 is 1.89. The lowest BCUT2D eigenvalue weighted by molar-refractivity contribution is 0.0912. The Morgan fingerprint density at radius 2 is 1.94 bits per heavy atom. The number of aromatic nitrogens is 2. The number of halogens is 1. The fourth-order valence-corrected chi connectivity index (χ4v) is 6.67. The minimum absolute atomic E-state index is 0.0123. The molecular formula is C24H25ClN4OS2. The maximum absolute atomic E-state index is 13.3. The van der Waals surface area contributed by atoms with E-state index in [1.54, 1.807) is 11.3 Å². The van der Waals surface area contributed by atoms with Crippen molar-refractivity contribution in [2.75, 3.05) is 13.1 Å². The van der Waals surface area contributed by atoms with Gasteiger partial charge in [0.25, 0.3) is 5.91 Å². The molecule has 32 heavy (non-hydrogen) atoms. The van der Waals surface area contributed by atoms with E-state index in [0.29, 0.717) is 9.90 Å². The number of benzene rings is 1. The van der Waals surface area contributed by atoms with Crippen LogP contribution < -0.4 is 5.32 Å². The molecule has 1 fully saturated rings. The van der Waals surface area contributed by atoms with Gasteiger partial charge in [0.2, 0.25) is 0 Å². The standard InChI is InChI=1S/C24H25ClN4OS2/c1-15-19-14-21(32-24(19)29(27-15)18-9-7-17(25)8-10-18)23(30)26-16(2)22(20-6-5-13-31-20)28-11-3-4-12-28/h5-10,13-14,16,22H,3-4,11-12H2,1-2H3,(H,26,30). The second-order valence-electron chi connectivity index (χ2n) is 8.27. The zero-order valence-corrected chi connectivity index (χ0v) is 20.4. The number of carbonyl (C=O) groups is 1. The quantitative estimate of drug-likeness (QED) is 0.361. The van der Waals surface area contributed by atoms with Crippen molar-refractivity contribution >= 4 is 50.4 Å². The molecule has 4 aromatic rings. The van der Waals surface area contributed by atoms with Crippen LogP contribution in [0.4, 0.5) is 0 Å². The Bertz CT molecular complexity index is 1220. The number of nitrogens with one attached hydrogen (secondary N) is 1. The molecule has 1 aliphatic rings. The molecule has 8 heteroatoms. The van der Waals surface area contributed by atoms with Crippen molar-refractivity contribution in [2.45, 2.75) is 38.8 Å². The maximum atomic E-state index is 13.3. The Labute approximate surface area is 200 Å². The third kappa shape index (κ3) is 4.10. The minimum Gasteiger partial charge on any atom is -0.347 e. The van der Waals surface area contributed by atoms with Crippen molar-refractivity contribution in [2.24, 2.45) is 0 Å². The van der Waals surface area contributed by atoms with Gasteiger partial charge in [-0.3, -0.25) is 9.69 Å². The molecule has 1 N–H and O–H groups in total. The SMILES string of the molecule is Cc1nn(-c2ccc(Cl)cc2)c2sc(C(=O)NC(C)C(c3cccs3)N3CCCC3)cc12. The Morgan fingerprint density at radius 1 is 1.19 bits per heavy atom. The number of nitrogens with zero attached hydrogens (tertiary/aromatic N) is 3. The van der Waals surface area contributed by atoms with Crippen LogP contribution in [0.15, 0.2) is 47.8 Å². The van der Waals surface area contributed by atoms with Gasteiger partial charge in [-0.1, -0.05) is 17.7 Å². The number of fused-ring (bicyclic) bond motifs is 1. The molecule has 2 unspecified atom stereocenters. The molecule has 0 spiro atoms. The van der Waals surface area contributed by atoms with Crippen molar-refractivity contribution < 1.29 is 4.79 Å². The molecule has 1 amide bonds. The number of hydrogen-bond donors (Lipinski definition) is 1. The van der Waals surface area contributed by atoms with Crippen molar-refractivity contribution in [3.63, 3.8) is 0 Å². The van der Waals surface area contributed by atoms with E-state index < -0.39 is 0 Å². The highest BCUT2D eigenvalue weighted by molar-refractivity contribution is 7.20. The minimum atomic E-state index is -0.0264. The highest BCUT2D eigenvalue weighted by Gasteiger charge is 2.30. The smallest absolute Gasteiger partial charge is 0.261 e. The van der Waals surface area contributed by atoms with Gasteiger partial charge in [0, 0.05) is 21.3 Å². The normalized spacial score (nSPS) is 16.5. The molecular weight excluding hydrogens is 460 g/mol. The van der Waals surface area contributed by atoms with Crippen LogP contribution >= 0.6 is 34.3 Å². The molecule has 5 rings (SSSR count). The fraction of sp³-hybridized carbons (Fsp3) is 0.333. The molecule has 4 heterocycles. The number of amides is 1. The summed E-state index contributed by atoms with van der Waals surface area (Å²) in [6.07, 6.45) is 2.44. The van der Waals surface area contributed by atoms with E-state index in [-0.39, 0.29) is 18.0 Å². The van der Waals surface area contributed by atoms with Crippen LogP contribution in [0, 0.1) is 6.92 Å². The van der Waals surface area contributed by atoms with Gasteiger partial charge in [-0.05, 0) is 81.6 Å². The van der Waals surface area contributed by atoms with Gasteiger partial charge in [-0.15, -0.1) is 22.7 Å². The summed E-state index contributed by atoms with van der Waals surface area (Å²) in [6, 6.07) is 14.0. The molecule has 1 saturated heterocycles. The first-order valence-electron chi connectivity index (χ1n) is 10.8. The van der Waals surface area contributed by atoms with E-state index in [1.165, 1.54) is 29.1 Å². The van der Waals surface area contributed by atoms with Crippen LogP contribution in [0.1, 0.15) is 46.0 Å². The summed E-state index contributed by atoms with van der Waals surface area (Å²) in [5.74, 6) is -0.0264. The van der Waals surface area contributed by atoms with Crippen LogP contribution in [0.2, 0.25) is 5.02 Å². The summed E-state index contributed by atoms with van der Waals surface area (Å²) in [7, 11) is 0. The third-order valence-electron chi connectivity index (χ3n) is 6.04. The van der Waals surface area contributed by atoms with Gasteiger partial charge < -0.3 is 5.32 Å². The first-order valence-corrected chi connectivity index (χ1v) is 12.9. The molecule has 1 aliphatic heterocycles. The number of carbonyl (C=O) groups excluding carboxylic acids is 1. The zero-order valence-electron chi connectivity index (χ0n) is 18.0. The Balaban J connectivity index is 1.41. The van der Waals surface area contributed by atoms with E-state index in [2.05, 4.69) is 39.8 Å². The second-order valence-corrected chi connectivity index (χ2v) is 10.7. The highest BCUT2D eigenvalue weighted by Crippen LogP contribution is 2.33. The number of aryl methyl sites for hydroxylation is 1. The van der Waals surface area contributed by atoms with E-state index in [0.717, 1.165) is 34.7 Å². The number of likely N-dealkylation sites (tertiary alicyclic amines) is 1. The van der Waals surface area contributed by atoms with Crippen LogP contribution in [0.25, 0.3) is 15.9 Å². The van der Waals surface area contributed by atoms with Crippen LogP contribution in [0.3, 0.4) is 0 Å². The molecule has 0 saturated carbocycles.